The molecule has 2 aromatic rings. The van der Waals surface area contributed by atoms with Gasteiger partial charge in [0, 0.05) is 5.39 Å². The number of hydrogen-bond acceptors (Lipinski definition) is 2. The van der Waals surface area contributed by atoms with Gasteiger partial charge in [-0.2, -0.15) is 5.26 Å². The second kappa shape index (κ2) is 3.20. The molecule has 1 heterocycles. The fourth-order valence-corrected chi connectivity index (χ4v) is 1.31. The maximum absolute atomic E-state index is 8.80. The second-order valence-corrected chi connectivity index (χ2v) is 2.83. The molecule has 1 aromatic carbocycles. The number of benzene rings is 1. The minimum absolute atomic E-state index is 0.311. The van der Waals surface area contributed by atoms with Gasteiger partial charge in [-0.15, -0.1) is 6.42 Å². The van der Waals surface area contributed by atoms with Gasteiger partial charge in [-0.3, -0.25) is 0 Å². The maximum atomic E-state index is 8.80. The first-order valence-electron chi connectivity index (χ1n) is 4.11. The molecule has 0 unspecified atom stereocenters. The summed E-state index contributed by atoms with van der Waals surface area (Å²) in [4.78, 5) is 4.16. The van der Waals surface area contributed by atoms with Crippen molar-refractivity contribution >= 4 is 10.9 Å². The van der Waals surface area contributed by atoms with Crippen molar-refractivity contribution in [3.05, 3.63) is 41.6 Å². The fraction of sp³-hybridized carbons (Fsp3) is 0. The molecule has 0 N–H and O–H groups in total. The molecule has 0 atom stereocenters. The zero-order valence-electron chi connectivity index (χ0n) is 7.36. The van der Waals surface area contributed by atoms with Crippen LogP contribution in [-0.4, -0.2) is 4.98 Å². The third-order valence-corrected chi connectivity index (χ3v) is 1.99. The Morgan fingerprint density at radius 3 is 2.79 bits per heavy atom. The van der Waals surface area contributed by atoms with E-state index in [2.05, 4.69) is 10.9 Å². The summed E-state index contributed by atoms with van der Waals surface area (Å²) in [6.07, 6.45) is 5.28. The number of para-hydroxylation sites is 1. The average Bonchev–Trinajstić information content (AvgIpc) is 2.27. The van der Waals surface area contributed by atoms with E-state index in [0.717, 1.165) is 10.9 Å². The summed E-state index contributed by atoms with van der Waals surface area (Å²) in [5, 5.41) is 9.76. The molecule has 0 spiro atoms. The molecule has 14 heavy (non-hydrogen) atoms. The van der Waals surface area contributed by atoms with Crippen molar-refractivity contribution in [1.82, 2.24) is 4.98 Å². The number of rotatable bonds is 0. The monoisotopic (exact) mass is 178 g/mol. The summed E-state index contributed by atoms with van der Waals surface area (Å²) in [6, 6.07) is 11.4. The number of nitriles is 1. The highest BCUT2D eigenvalue weighted by Gasteiger charge is 2.02. The Kier molecular flexibility index (Phi) is 1.89. The van der Waals surface area contributed by atoms with Gasteiger partial charge in [0.05, 0.1) is 11.1 Å². The van der Waals surface area contributed by atoms with Gasteiger partial charge in [0.1, 0.15) is 6.07 Å². The Hall–Kier alpha value is -2.32. The summed E-state index contributed by atoms with van der Waals surface area (Å²) in [7, 11) is 0. The molecule has 2 heteroatoms. The quantitative estimate of drug-likeness (QED) is 0.579. The summed E-state index contributed by atoms with van der Waals surface area (Å²) in [5.74, 6) is 2.45. The standard InChI is InChI=1S/C12H6N2/c1-2-9-7-10-5-3-4-6-11(10)14-12(9)8-13/h1,3-7H. The Balaban J connectivity index is 2.85. The van der Waals surface area contributed by atoms with Crippen LogP contribution in [0.2, 0.25) is 0 Å². The molecule has 0 amide bonds. The highest BCUT2D eigenvalue weighted by Crippen LogP contribution is 2.15. The second-order valence-electron chi connectivity index (χ2n) is 2.83. The topological polar surface area (TPSA) is 36.7 Å². The first-order chi connectivity index (χ1) is 6.85. The van der Waals surface area contributed by atoms with Gasteiger partial charge in [-0.05, 0) is 12.1 Å². The van der Waals surface area contributed by atoms with E-state index in [0.29, 0.717) is 11.3 Å². The van der Waals surface area contributed by atoms with Gasteiger partial charge < -0.3 is 0 Å². The van der Waals surface area contributed by atoms with Gasteiger partial charge in [0.2, 0.25) is 0 Å². The van der Waals surface area contributed by atoms with Crippen LogP contribution in [0.1, 0.15) is 11.3 Å². The van der Waals surface area contributed by atoms with Gasteiger partial charge in [-0.1, -0.05) is 24.1 Å². The highest BCUT2D eigenvalue weighted by molar-refractivity contribution is 5.80. The van der Waals surface area contributed by atoms with Crippen LogP contribution in [0.3, 0.4) is 0 Å². The number of nitrogens with zero attached hydrogens (tertiary/aromatic N) is 2. The Morgan fingerprint density at radius 2 is 2.07 bits per heavy atom. The van der Waals surface area contributed by atoms with E-state index in [-0.39, 0.29) is 0 Å². The number of pyridine rings is 1. The van der Waals surface area contributed by atoms with Crippen molar-refractivity contribution in [2.45, 2.75) is 0 Å². The van der Waals surface area contributed by atoms with Gasteiger partial charge >= 0.3 is 0 Å². The van der Waals surface area contributed by atoms with Crippen molar-refractivity contribution in [2.75, 3.05) is 0 Å². The molecule has 0 saturated carbocycles. The summed E-state index contributed by atoms with van der Waals surface area (Å²) < 4.78 is 0. The molecule has 2 nitrogen and oxygen atoms in total. The zero-order chi connectivity index (χ0) is 9.97. The van der Waals surface area contributed by atoms with E-state index >= 15 is 0 Å². The summed E-state index contributed by atoms with van der Waals surface area (Å²) >= 11 is 0. The van der Waals surface area contributed by atoms with E-state index < -0.39 is 0 Å². The zero-order valence-corrected chi connectivity index (χ0v) is 7.36. The van der Waals surface area contributed by atoms with Crippen LogP contribution in [0.4, 0.5) is 0 Å². The lowest BCUT2D eigenvalue weighted by molar-refractivity contribution is 1.31. The third kappa shape index (κ3) is 1.20. The molecule has 64 valence electrons. The predicted molar refractivity (Wildman–Crippen MR) is 54.4 cm³/mol. The molecule has 0 aliphatic rings. The fourth-order valence-electron chi connectivity index (χ4n) is 1.31. The minimum atomic E-state index is 0.311. The van der Waals surface area contributed by atoms with Crippen LogP contribution < -0.4 is 0 Å². The van der Waals surface area contributed by atoms with Crippen LogP contribution in [0.15, 0.2) is 30.3 Å². The summed E-state index contributed by atoms with van der Waals surface area (Å²) in [6.45, 7) is 0. The van der Waals surface area contributed by atoms with E-state index in [1.54, 1.807) is 6.07 Å². The van der Waals surface area contributed by atoms with Crippen LogP contribution >= 0.6 is 0 Å². The largest absolute Gasteiger partial charge is 0.236 e. The van der Waals surface area contributed by atoms with E-state index in [9.17, 15) is 0 Å². The van der Waals surface area contributed by atoms with E-state index in [4.69, 9.17) is 11.7 Å². The van der Waals surface area contributed by atoms with E-state index in [1.807, 2.05) is 30.3 Å². The molecule has 0 saturated heterocycles. The number of terminal acetylenes is 1. The van der Waals surface area contributed by atoms with Gasteiger partial charge in [0.15, 0.2) is 5.69 Å². The highest BCUT2D eigenvalue weighted by atomic mass is 14.7. The third-order valence-electron chi connectivity index (χ3n) is 1.99. The lowest BCUT2D eigenvalue weighted by Crippen LogP contribution is -1.89. The van der Waals surface area contributed by atoms with Crippen molar-refractivity contribution < 1.29 is 0 Å². The average molecular weight is 178 g/mol. The normalized spacial score (nSPS) is 9.29. The molecule has 0 radical (unpaired) electrons. The number of aromatic nitrogens is 1. The van der Waals surface area contributed by atoms with Gasteiger partial charge in [-0.25, -0.2) is 4.98 Å². The van der Waals surface area contributed by atoms with Crippen LogP contribution in [0, 0.1) is 23.7 Å². The SMILES string of the molecule is C#Cc1cc2ccccc2nc1C#N. The van der Waals surface area contributed by atoms with Crippen molar-refractivity contribution in [1.29, 1.82) is 5.26 Å². The Labute approximate surface area is 81.8 Å². The Bertz CT molecular complexity index is 518. The van der Waals surface area contributed by atoms with Crippen molar-refractivity contribution in [3.63, 3.8) is 0 Å². The number of hydrogen-bond donors (Lipinski definition) is 0. The molecule has 0 bridgehead atoms. The van der Waals surface area contributed by atoms with Crippen molar-refractivity contribution in [2.24, 2.45) is 0 Å². The lowest BCUT2D eigenvalue weighted by Gasteiger charge is -1.99. The van der Waals surface area contributed by atoms with Crippen molar-refractivity contribution in [3.8, 4) is 18.4 Å². The smallest absolute Gasteiger partial charge is 0.156 e. The molecular weight excluding hydrogens is 172 g/mol. The van der Waals surface area contributed by atoms with E-state index in [1.165, 1.54) is 0 Å². The molecule has 1 aromatic heterocycles. The van der Waals surface area contributed by atoms with Crippen LogP contribution in [-0.2, 0) is 0 Å². The predicted octanol–water partition coefficient (Wildman–Crippen LogP) is 2.09. The van der Waals surface area contributed by atoms with Crippen LogP contribution in [0.25, 0.3) is 10.9 Å². The molecule has 2 rings (SSSR count). The first-order valence-corrected chi connectivity index (χ1v) is 4.11. The molecule has 0 aliphatic carbocycles. The minimum Gasteiger partial charge on any atom is -0.236 e. The number of fused-ring (bicyclic) bond motifs is 1. The first kappa shape index (κ1) is 8.29. The molecule has 0 fully saturated rings. The lowest BCUT2D eigenvalue weighted by atomic mass is 10.1. The van der Waals surface area contributed by atoms with Gasteiger partial charge in [0.25, 0.3) is 0 Å². The molecule has 0 aliphatic heterocycles. The maximum Gasteiger partial charge on any atom is 0.156 e. The van der Waals surface area contributed by atoms with Crippen LogP contribution in [0.5, 0.6) is 0 Å². The summed E-state index contributed by atoms with van der Waals surface area (Å²) in [5.41, 5.74) is 1.65. The Morgan fingerprint density at radius 1 is 1.29 bits per heavy atom. The molecular formula is C12H6N2.